The first-order valence-corrected chi connectivity index (χ1v) is 11.2. The maximum absolute atomic E-state index is 12.6. The molecule has 0 aromatic heterocycles. The van der Waals surface area contributed by atoms with Crippen molar-refractivity contribution < 1.29 is 34.2 Å². The fourth-order valence-electron chi connectivity index (χ4n) is 2.70. The lowest BCUT2D eigenvalue weighted by Crippen LogP contribution is -2.58. The van der Waals surface area contributed by atoms with Crippen molar-refractivity contribution in [2.24, 2.45) is 5.73 Å². The second-order valence-electron chi connectivity index (χ2n) is 7.12. The molecule has 13 heteroatoms. The number of rotatable bonds is 14. The molecule has 0 fully saturated rings. The molecule has 0 bridgehead atoms. The molecule has 33 heavy (non-hydrogen) atoms. The zero-order valence-corrected chi connectivity index (χ0v) is 19.4. The van der Waals surface area contributed by atoms with Gasteiger partial charge in [-0.2, -0.15) is 25.3 Å². The number of amides is 3. The average molecular weight is 501 g/mol. The quantitative estimate of drug-likeness (QED) is 0.147. The SMILES string of the molecule is NC(Cc1ccccc1)C(=O)NC(CS)C(=O)NC(CS)C(=O)NC(CCC(=O)O)C(=O)O. The van der Waals surface area contributed by atoms with E-state index in [2.05, 4.69) is 41.2 Å². The molecular weight excluding hydrogens is 472 g/mol. The molecule has 0 spiro atoms. The third-order valence-corrected chi connectivity index (χ3v) is 5.26. The maximum atomic E-state index is 12.6. The van der Waals surface area contributed by atoms with Gasteiger partial charge in [0, 0.05) is 17.9 Å². The summed E-state index contributed by atoms with van der Waals surface area (Å²) in [6.07, 6.45) is -0.549. The molecule has 0 aliphatic rings. The van der Waals surface area contributed by atoms with Crippen LogP contribution in [0, 0.1) is 0 Å². The normalized spacial score (nSPS) is 14.3. The van der Waals surface area contributed by atoms with Crippen LogP contribution >= 0.6 is 25.3 Å². The van der Waals surface area contributed by atoms with Crippen LogP contribution in [0.15, 0.2) is 30.3 Å². The topological polar surface area (TPSA) is 188 Å². The van der Waals surface area contributed by atoms with E-state index in [4.69, 9.17) is 10.8 Å². The fraction of sp³-hybridized carbons (Fsp3) is 0.450. The third kappa shape index (κ3) is 10.1. The molecule has 1 aromatic rings. The van der Waals surface area contributed by atoms with Crippen LogP contribution in [-0.4, -0.2) is 75.5 Å². The molecule has 0 saturated heterocycles. The van der Waals surface area contributed by atoms with Gasteiger partial charge >= 0.3 is 11.9 Å². The van der Waals surface area contributed by atoms with Crippen LogP contribution in [0.4, 0.5) is 0 Å². The molecule has 1 rings (SSSR count). The molecule has 0 heterocycles. The number of nitrogens with two attached hydrogens (primary N) is 1. The molecule has 0 saturated carbocycles. The number of carboxylic acids is 2. The first-order valence-electron chi connectivity index (χ1n) is 9.96. The number of hydrogen-bond acceptors (Lipinski definition) is 8. The Balaban J connectivity index is 2.70. The van der Waals surface area contributed by atoms with Gasteiger partial charge in [-0.15, -0.1) is 0 Å². The minimum absolute atomic E-state index is 0.0904. The van der Waals surface area contributed by atoms with E-state index in [1.807, 2.05) is 30.3 Å². The Hall–Kier alpha value is -2.77. The van der Waals surface area contributed by atoms with Gasteiger partial charge in [0.15, 0.2) is 0 Å². The number of thiol groups is 2. The first kappa shape index (κ1) is 28.3. The van der Waals surface area contributed by atoms with Crippen LogP contribution in [-0.2, 0) is 30.4 Å². The lowest BCUT2D eigenvalue weighted by atomic mass is 10.1. The summed E-state index contributed by atoms with van der Waals surface area (Å²) in [4.78, 5) is 59.3. The molecule has 4 unspecified atom stereocenters. The average Bonchev–Trinajstić information content (AvgIpc) is 2.78. The van der Waals surface area contributed by atoms with Gasteiger partial charge in [0.2, 0.25) is 17.7 Å². The number of aliphatic carboxylic acids is 2. The van der Waals surface area contributed by atoms with Crippen molar-refractivity contribution in [2.45, 2.75) is 43.4 Å². The zero-order chi connectivity index (χ0) is 25.0. The van der Waals surface area contributed by atoms with Crippen LogP contribution in [0.3, 0.4) is 0 Å². The van der Waals surface area contributed by atoms with Gasteiger partial charge in [-0.3, -0.25) is 19.2 Å². The monoisotopic (exact) mass is 500 g/mol. The van der Waals surface area contributed by atoms with Crippen molar-refractivity contribution in [1.82, 2.24) is 16.0 Å². The Kier molecular flexibility index (Phi) is 12.3. The number of hydrogen-bond donors (Lipinski definition) is 8. The predicted molar refractivity (Wildman–Crippen MR) is 126 cm³/mol. The van der Waals surface area contributed by atoms with Gasteiger partial charge in [-0.25, -0.2) is 4.79 Å². The van der Waals surface area contributed by atoms with Gasteiger partial charge < -0.3 is 31.9 Å². The van der Waals surface area contributed by atoms with E-state index in [9.17, 15) is 29.1 Å². The van der Waals surface area contributed by atoms with E-state index in [1.165, 1.54) is 0 Å². The van der Waals surface area contributed by atoms with Crippen LogP contribution in [0.2, 0.25) is 0 Å². The van der Waals surface area contributed by atoms with Crippen molar-refractivity contribution in [1.29, 1.82) is 0 Å². The molecule has 182 valence electrons. The van der Waals surface area contributed by atoms with Crippen molar-refractivity contribution in [2.75, 3.05) is 11.5 Å². The number of nitrogens with one attached hydrogen (secondary N) is 3. The molecule has 11 nitrogen and oxygen atoms in total. The van der Waals surface area contributed by atoms with E-state index in [0.29, 0.717) is 0 Å². The van der Waals surface area contributed by atoms with Gasteiger partial charge in [-0.05, 0) is 18.4 Å². The zero-order valence-electron chi connectivity index (χ0n) is 17.6. The van der Waals surface area contributed by atoms with E-state index < -0.39 is 60.2 Å². The highest BCUT2D eigenvalue weighted by Crippen LogP contribution is 2.04. The smallest absolute Gasteiger partial charge is 0.326 e. The highest BCUT2D eigenvalue weighted by atomic mass is 32.1. The van der Waals surface area contributed by atoms with Crippen LogP contribution in [0.5, 0.6) is 0 Å². The number of carbonyl (C=O) groups is 5. The molecular formula is C20H28N4O7S2. The minimum Gasteiger partial charge on any atom is -0.481 e. The summed E-state index contributed by atoms with van der Waals surface area (Å²) in [5, 5.41) is 24.9. The predicted octanol–water partition coefficient (Wildman–Crippen LogP) is -1.18. The lowest BCUT2D eigenvalue weighted by molar-refractivity contribution is -0.143. The van der Waals surface area contributed by atoms with Crippen molar-refractivity contribution in [3.8, 4) is 0 Å². The molecule has 4 atom stereocenters. The van der Waals surface area contributed by atoms with Gasteiger partial charge in [0.05, 0.1) is 6.04 Å². The fourth-order valence-corrected chi connectivity index (χ4v) is 3.21. The molecule has 1 aromatic carbocycles. The van der Waals surface area contributed by atoms with Crippen molar-refractivity contribution in [3.63, 3.8) is 0 Å². The second kappa shape index (κ2) is 14.4. The van der Waals surface area contributed by atoms with Gasteiger partial charge in [0.25, 0.3) is 0 Å². The Labute approximate surface area is 201 Å². The largest absolute Gasteiger partial charge is 0.481 e. The molecule has 0 radical (unpaired) electrons. The molecule has 0 aliphatic heterocycles. The summed E-state index contributed by atoms with van der Waals surface area (Å²) in [5.41, 5.74) is 6.76. The standard InChI is InChI=1S/C20H28N4O7S2/c21-12(8-11-4-2-1-3-5-11)17(27)23-14(9-32)19(29)24-15(10-33)18(28)22-13(20(30)31)6-7-16(25)26/h1-5,12-15,32-33H,6-10,21H2,(H,22,28)(H,23,27)(H,24,29)(H,25,26)(H,30,31). The van der Waals surface area contributed by atoms with E-state index in [0.717, 1.165) is 5.56 Å². The second-order valence-corrected chi connectivity index (χ2v) is 7.85. The van der Waals surface area contributed by atoms with Gasteiger partial charge in [0.1, 0.15) is 18.1 Å². The lowest BCUT2D eigenvalue weighted by Gasteiger charge is -2.23. The maximum Gasteiger partial charge on any atom is 0.326 e. The number of carbonyl (C=O) groups excluding carboxylic acids is 3. The van der Waals surface area contributed by atoms with Crippen LogP contribution in [0.1, 0.15) is 18.4 Å². The summed E-state index contributed by atoms with van der Waals surface area (Å²) in [6.45, 7) is 0. The molecule has 3 amide bonds. The van der Waals surface area contributed by atoms with E-state index >= 15 is 0 Å². The summed E-state index contributed by atoms with van der Waals surface area (Å²) in [5.74, 6) is -5.08. The summed E-state index contributed by atoms with van der Waals surface area (Å²) in [6, 6.07) is 4.35. The van der Waals surface area contributed by atoms with Crippen LogP contribution < -0.4 is 21.7 Å². The van der Waals surface area contributed by atoms with Crippen molar-refractivity contribution in [3.05, 3.63) is 35.9 Å². The first-order chi connectivity index (χ1) is 15.6. The summed E-state index contributed by atoms with van der Waals surface area (Å²) >= 11 is 8.06. The Morgan fingerprint density at radius 2 is 1.30 bits per heavy atom. The third-order valence-electron chi connectivity index (χ3n) is 4.53. The summed E-state index contributed by atoms with van der Waals surface area (Å²) < 4.78 is 0. The number of benzene rings is 1. The highest BCUT2D eigenvalue weighted by Gasteiger charge is 2.29. The Morgan fingerprint density at radius 3 is 1.76 bits per heavy atom. The van der Waals surface area contributed by atoms with E-state index in [1.54, 1.807) is 0 Å². The van der Waals surface area contributed by atoms with E-state index in [-0.39, 0.29) is 24.3 Å². The number of carboxylic acid groups (broad SMARTS) is 2. The molecule has 0 aliphatic carbocycles. The van der Waals surface area contributed by atoms with Crippen molar-refractivity contribution >= 4 is 54.9 Å². The highest BCUT2D eigenvalue weighted by molar-refractivity contribution is 7.80. The molecule has 7 N–H and O–H groups in total. The Bertz CT molecular complexity index is 841. The minimum atomic E-state index is -1.45. The van der Waals surface area contributed by atoms with Gasteiger partial charge in [-0.1, -0.05) is 30.3 Å². The van der Waals surface area contributed by atoms with Crippen LogP contribution in [0.25, 0.3) is 0 Å². The summed E-state index contributed by atoms with van der Waals surface area (Å²) in [7, 11) is 0. The Morgan fingerprint density at radius 1 is 0.818 bits per heavy atom.